The molecule has 1 nitrogen and oxygen atoms in total. The first kappa shape index (κ1) is 14.1. The van der Waals surface area contributed by atoms with E-state index in [9.17, 15) is 4.39 Å². The summed E-state index contributed by atoms with van der Waals surface area (Å²) in [6, 6.07) is 7.31. The third kappa shape index (κ3) is 2.50. The Morgan fingerprint density at radius 2 is 1.95 bits per heavy atom. The zero-order chi connectivity index (χ0) is 14.1. The molecule has 0 atom stereocenters. The fourth-order valence-electron chi connectivity index (χ4n) is 4.62. The van der Waals surface area contributed by atoms with Crippen molar-refractivity contribution in [2.75, 3.05) is 13.1 Å². The molecule has 1 spiro atoms. The van der Waals surface area contributed by atoms with Gasteiger partial charge in [-0.15, -0.1) is 0 Å². The molecule has 2 fully saturated rings. The summed E-state index contributed by atoms with van der Waals surface area (Å²) in [6.45, 7) is 4.26. The average Bonchev–Trinajstić information content (AvgIpc) is 2.87. The highest BCUT2D eigenvalue weighted by Crippen LogP contribution is 2.62. The highest BCUT2D eigenvalue weighted by Gasteiger charge is 2.55. The average molecular weight is 275 g/mol. The van der Waals surface area contributed by atoms with E-state index in [0.717, 1.165) is 19.5 Å². The second kappa shape index (κ2) is 5.48. The fraction of sp³-hybridized carbons (Fsp3) is 0.667. The van der Waals surface area contributed by atoms with Crippen molar-refractivity contribution in [3.05, 3.63) is 35.6 Å². The van der Waals surface area contributed by atoms with Crippen LogP contribution in [0.1, 0.15) is 57.4 Å². The highest BCUT2D eigenvalue weighted by atomic mass is 19.1. The first-order valence-electron chi connectivity index (χ1n) is 8.15. The number of hydrogen-bond donors (Lipinski definition) is 1. The van der Waals surface area contributed by atoms with E-state index in [1.54, 1.807) is 12.1 Å². The lowest BCUT2D eigenvalue weighted by atomic mass is 9.49. The summed E-state index contributed by atoms with van der Waals surface area (Å²) in [7, 11) is 0. The number of benzene rings is 1. The first-order chi connectivity index (χ1) is 9.68. The van der Waals surface area contributed by atoms with E-state index in [-0.39, 0.29) is 11.2 Å². The summed E-state index contributed by atoms with van der Waals surface area (Å²) >= 11 is 0. The molecule has 0 unspecified atom stereocenters. The summed E-state index contributed by atoms with van der Waals surface area (Å²) in [6.07, 6.45) is 9.21. The SMILES string of the molecule is CCCNCC1(c2cccc(F)c2)CC2(CCCC2)C1. The van der Waals surface area contributed by atoms with E-state index in [0.29, 0.717) is 5.41 Å². The van der Waals surface area contributed by atoms with E-state index in [2.05, 4.69) is 18.3 Å². The molecule has 0 bridgehead atoms. The molecule has 2 aliphatic rings. The van der Waals surface area contributed by atoms with Gasteiger partial charge in [-0.1, -0.05) is 31.9 Å². The fourth-order valence-corrected chi connectivity index (χ4v) is 4.62. The number of hydrogen-bond acceptors (Lipinski definition) is 1. The zero-order valence-electron chi connectivity index (χ0n) is 12.6. The van der Waals surface area contributed by atoms with Crippen molar-refractivity contribution in [2.45, 2.75) is 57.3 Å². The summed E-state index contributed by atoms with van der Waals surface area (Å²) in [5.41, 5.74) is 1.97. The van der Waals surface area contributed by atoms with E-state index in [1.807, 2.05) is 6.07 Å². The van der Waals surface area contributed by atoms with Crippen LogP contribution in [-0.4, -0.2) is 13.1 Å². The monoisotopic (exact) mass is 275 g/mol. The van der Waals surface area contributed by atoms with Crippen LogP contribution >= 0.6 is 0 Å². The largest absolute Gasteiger partial charge is 0.316 e. The zero-order valence-corrected chi connectivity index (χ0v) is 12.6. The first-order valence-corrected chi connectivity index (χ1v) is 8.15. The van der Waals surface area contributed by atoms with Crippen molar-refractivity contribution >= 4 is 0 Å². The number of rotatable bonds is 5. The normalized spacial score (nSPS) is 22.9. The van der Waals surface area contributed by atoms with Gasteiger partial charge in [-0.05, 0) is 61.8 Å². The molecule has 0 saturated heterocycles. The maximum absolute atomic E-state index is 13.6. The third-order valence-electron chi connectivity index (χ3n) is 5.42. The quantitative estimate of drug-likeness (QED) is 0.784. The standard InChI is InChI=1S/C18H26FN/c1-2-10-20-14-18(15-6-5-7-16(19)11-15)12-17(13-18)8-3-4-9-17/h5-7,11,20H,2-4,8-10,12-14H2,1H3. The maximum Gasteiger partial charge on any atom is 0.123 e. The number of halogens is 1. The molecule has 0 amide bonds. The van der Waals surface area contributed by atoms with Gasteiger partial charge in [0, 0.05) is 12.0 Å². The van der Waals surface area contributed by atoms with Crippen molar-refractivity contribution in [1.29, 1.82) is 0 Å². The van der Waals surface area contributed by atoms with Crippen LogP contribution in [0.15, 0.2) is 24.3 Å². The number of nitrogens with one attached hydrogen (secondary N) is 1. The molecule has 3 rings (SSSR count). The Hall–Kier alpha value is -0.890. The van der Waals surface area contributed by atoms with Crippen LogP contribution in [0.3, 0.4) is 0 Å². The van der Waals surface area contributed by atoms with Crippen LogP contribution < -0.4 is 5.32 Å². The lowest BCUT2D eigenvalue weighted by Gasteiger charge is -2.56. The smallest absolute Gasteiger partial charge is 0.123 e. The van der Waals surface area contributed by atoms with Crippen LogP contribution in [0.4, 0.5) is 4.39 Å². The minimum Gasteiger partial charge on any atom is -0.316 e. The molecule has 20 heavy (non-hydrogen) atoms. The summed E-state index contributed by atoms with van der Waals surface area (Å²) < 4.78 is 13.6. The van der Waals surface area contributed by atoms with Gasteiger partial charge in [0.25, 0.3) is 0 Å². The van der Waals surface area contributed by atoms with Crippen LogP contribution in [0.2, 0.25) is 0 Å². The maximum atomic E-state index is 13.6. The molecule has 1 aromatic rings. The lowest BCUT2D eigenvalue weighted by Crippen LogP contribution is -2.54. The summed E-state index contributed by atoms with van der Waals surface area (Å²) in [5.74, 6) is -0.0928. The highest BCUT2D eigenvalue weighted by molar-refractivity contribution is 5.32. The van der Waals surface area contributed by atoms with Crippen molar-refractivity contribution in [1.82, 2.24) is 5.32 Å². The Morgan fingerprint density at radius 3 is 2.60 bits per heavy atom. The van der Waals surface area contributed by atoms with Crippen LogP contribution in [0, 0.1) is 11.2 Å². The van der Waals surface area contributed by atoms with Gasteiger partial charge in [0.05, 0.1) is 0 Å². The third-order valence-corrected chi connectivity index (χ3v) is 5.42. The van der Waals surface area contributed by atoms with Crippen molar-refractivity contribution in [2.24, 2.45) is 5.41 Å². The van der Waals surface area contributed by atoms with Crippen LogP contribution in [0.5, 0.6) is 0 Å². The van der Waals surface area contributed by atoms with E-state index in [4.69, 9.17) is 0 Å². The van der Waals surface area contributed by atoms with Gasteiger partial charge in [-0.2, -0.15) is 0 Å². The summed E-state index contributed by atoms with van der Waals surface area (Å²) in [5, 5.41) is 3.58. The van der Waals surface area contributed by atoms with Crippen molar-refractivity contribution in [3.63, 3.8) is 0 Å². The van der Waals surface area contributed by atoms with Gasteiger partial charge in [0.15, 0.2) is 0 Å². The molecule has 110 valence electrons. The molecule has 2 saturated carbocycles. The lowest BCUT2D eigenvalue weighted by molar-refractivity contribution is 0.0269. The Kier molecular flexibility index (Phi) is 3.85. The molecule has 1 aromatic carbocycles. The van der Waals surface area contributed by atoms with E-state index in [1.165, 1.54) is 44.1 Å². The van der Waals surface area contributed by atoms with E-state index < -0.39 is 0 Å². The van der Waals surface area contributed by atoms with Gasteiger partial charge in [0.2, 0.25) is 0 Å². The topological polar surface area (TPSA) is 12.0 Å². The van der Waals surface area contributed by atoms with E-state index >= 15 is 0 Å². The Morgan fingerprint density at radius 1 is 1.20 bits per heavy atom. The molecule has 0 aromatic heterocycles. The molecule has 0 aliphatic heterocycles. The predicted octanol–water partition coefficient (Wildman–Crippen LogP) is 4.42. The minimum atomic E-state index is -0.0928. The molecule has 1 N–H and O–H groups in total. The Balaban J connectivity index is 1.78. The van der Waals surface area contributed by atoms with Crippen LogP contribution in [0.25, 0.3) is 0 Å². The van der Waals surface area contributed by atoms with Crippen LogP contribution in [-0.2, 0) is 5.41 Å². The van der Waals surface area contributed by atoms with Crippen molar-refractivity contribution < 1.29 is 4.39 Å². The second-order valence-electron chi connectivity index (χ2n) is 7.03. The Bertz CT molecular complexity index is 454. The molecule has 2 aliphatic carbocycles. The van der Waals surface area contributed by atoms with Gasteiger partial charge in [0.1, 0.15) is 5.82 Å². The molecule has 2 heteroatoms. The van der Waals surface area contributed by atoms with Gasteiger partial charge < -0.3 is 5.32 Å². The van der Waals surface area contributed by atoms with Gasteiger partial charge in [-0.25, -0.2) is 4.39 Å². The molecular weight excluding hydrogens is 249 g/mol. The Labute approximate surface area is 122 Å². The van der Waals surface area contributed by atoms with Crippen molar-refractivity contribution in [3.8, 4) is 0 Å². The predicted molar refractivity (Wildman–Crippen MR) is 81.4 cm³/mol. The molecule has 0 heterocycles. The second-order valence-corrected chi connectivity index (χ2v) is 7.03. The molecular formula is C18H26FN. The van der Waals surface area contributed by atoms with Gasteiger partial charge >= 0.3 is 0 Å². The van der Waals surface area contributed by atoms with Gasteiger partial charge in [-0.3, -0.25) is 0 Å². The molecule has 0 radical (unpaired) electrons. The summed E-state index contributed by atoms with van der Waals surface area (Å²) in [4.78, 5) is 0. The minimum absolute atomic E-state index is 0.0928.